The summed E-state index contributed by atoms with van der Waals surface area (Å²) in [7, 11) is 0. The van der Waals surface area contributed by atoms with Crippen LogP contribution in [0, 0.1) is 0 Å². The summed E-state index contributed by atoms with van der Waals surface area (Å²) in [6.45, 7) is 0.214. The van der Waals surface area contributed by atoms with Crippen molar-refractivity contribution in [3.63, 3.8) is 0 Å². The van der Waals surface area contributed by atoms with Gasteiger partial charge < -0.3 is 10.5 Å². The zero-order valence-electron chi connectivity index (χ0n) is 8.73. The molecule has 0 aliphatic rings. The Morgan fingerprint density at radius 2 is 1.88 bits per heavy atom. The van der Waals surface area contributed by atoms with E-state index in [4.69, 9.17) is 4.74 Å². The maximum atomic E-state index is 11.1. The maximum absolute atomic E-state index is 11.1. The number of nitrogens with one attached hydrogen (secondary N) is 2. The van der Waals surface area contributed by atoms with Gasteiger partial charge in [0.1, 0.15) is 6.61 Å². The lowest BCUT2D eigenvalue weighted by Gasteiger charge is -2.06. The van der Waals surface area contributed by atoms with E-state index in [0.29, 0.717) is 0 Å². The van der Waals surface area contributed by atoms with Gasteiger partial charge >= 0.3 is 6.09 Å². The first-order valence-corrected chi connectivity index (χ1v) is 4.77. The summed E-state index contributed by atoms with van der Waals surface area (Å²) in [6, 6.07) is 9.24. The molecule has 0 saturated carbocycles. The molecule has 6 nitrogen and oxygen atoms in total. The standard InChI is InChI=1S/C10H13N3O3/c11-6-9(14)12-13-10(15)16-7-8-4-2-1-3-5-8/h1-5H,6-7,11H2,(H,12,14)(H,13,15)/p+1. The number of quaternary nitrogens is 1. The van der Waals surface area contributed by atoms with Gasteiger partial charge in [-0.25, -0.2) is 10.2 Å². The predicted molar refractivity (Wildman–Crippen MR) is 55.7 cm³/mol. The molecule has 0 radical (unpaired) electrons. The SMILES string of the molecule is [NH3+]CC(=O)NNC(=O)OCc1ccccc1. The third-order valence-corrected chi connectivity index (χ3v) is 1.74. The molecule has 1 rings (SSSR count). The average Bonchev–Trinajstić information content (AvgIpc) is 2.34. The Labute approximate surface area is 92.7 Å². The highest BCUT2D eigenvalue weighted by Gasteiger charge is 2.04. The Morgan fingerprint density at radius 3 is 2.50 bits per heavy atom. The van der Waals surface area contributed by atoms with Crippen LogP contribution >= 0.6 is 0 Å². The van der Waals surface area contributed by atoms with E-state index in [1.807, 2.05) is 30.3 Å². The molecule has 0 fully saturated rings. The highest BCUT2D eigenvalue weighted by Crippen LogP contribution is 1.99. The summed E-state index contributed by atoms with van der Waals surface area (Å²) in [5.41, 5.74) is 8.47. The average molecular weight is 224 g/mol. The van der Waals surface area contributed by atoms with Crippen molar-refractivity contribution in [2.24, 2.45) is 0 Å². The van der Waals surface area contributed by atoms with Gasteiger partial charge in [0.05, 0.1) is 0 Å². The molecule has 5 N–H and O–H groups in total. The van der Waals surface area contributed by atoms with Gasteiger partial charge in [-0.15, -0.1) is 0 Å². The van der Waals surface area contributed by atoms with Gasteiger partial charge in [0.15, 0.2) is 6.54 Å². The fraction of sp³-hybridized carbons (Fsp3) is 0.200. The number of hydrogen-bond donors (Lipinski definition) is 3. The van der Waals surface area contributed by atoms with Crippen molar-refractivity contribution >= 4 is 12.0 Å². The molecule has 0 bridgehead atoms. The topological polar surface area (TPSA) is 95.1 Å². The summed E-state index contributed by atoms with van der Waals surface area (Å²) in [5, 5.41) is 0. The second-order valence-corrected chi connectivity index (χ2v) is 2.98. The first-order chi connectivity index (χ1) is 7.72. The fourth-order valence-corrected chi connectivity index (χ4v) is 0.942. The maximum Gasteiger partial charge on any atom is 0.426 e. The van der Waals surface area contributed by atoms with Crippen LogP contribution in [0.4, 0.5) is 4.79 Å². The van der Waals surface area contributed by atoms with E-state index in [2.05, 4.69) is 16.6 Å². The first-order valence-electron chi connectivity index (χ1n) is 4.77. The second-order valence-electron chi connectivity index (χ2n) is 2.98. The van der Waals surface area contributed by atoms with Gasteiger partial charge in [-0.1, -0.05) is 30.3 Å². The minimum Gasteiger partial charge on any atom is -0.443 e. The van der Waals surface area contributed by atoms with Gasteiger partial charge in [0.2, 0.25) is 0 Å². The highest BCUT2D eigenvalue weighted by molar-refractivity contribution is 5.79. The normalized spacial score (nSPS) is 9.31. The van der Waals surface area contributed by atoms with Gasteiger partial charge in [-0.2, -0.15) is 0 Å². The van der Waals surface area contributed by atoms with Crippen molar-refractivity contribution in [1.82, 2.24) is 10.9 Å². The number of hydrogen-bond acceptors (Lipinski definition) is 3. The summed E-state index contributed by atoms with van der Waals surface area (Å²) in [4.78, 5) is 21.8. The molecular formula is C10H14N3O3+. The Hall–Kier alpha value is -2.08. The van der Waals surface area contributed by atoms with Crippen LogP contribution in [0.1, 0.15) is 5.56 Å². The van der Waals surface area contributed by atoms with Crippen LogP contribution in [-0.4, -0.2) is 18.5 Å². The van der Waals surface area contributed by atoms with Crippen LogP contribution in [0.25, 0.3) is 0 Å². The van der Waals surface area contributed by atoms with Crippen molar-refractivity contribution in [1.29, 1.82) is 0 Å². The zero-order chi connectivity index (χ0) is 11.8. The van der Waals surface area contributed by atoms with Crippen molar-refractivity contribution < 1.29 is 20.1 Å². The van der Waals surface area contributed by atoms with Gasteiger partial charge in [-0.05, 0) is 5.56 Å². The number of carbonyl (C=O) groups excluding carboxylic acids is 2. The first kappa shape index (κ1) is 12.0. The third-order valence-electron chi connectivity index (χ3n) is 1.74. The minimum atomic E-state index is -0.703. The van der Waals surface area contributed by atoms with Crippen molar-refractivity contribution in [3.8, 4) is 0 Å². The molecule has 6 heteroatoms. The lowest BCUT2D eigenvalue weighted by molar-refractivity contribution is -0.355. The lowest BCUT2D eigenvalue weighted by Crippen LogP contribution is -2.59. The van der Waals surface area contributed by atoms with E-state index >= 15 is 0 Å². The Bertz CT molecular complexity index is 354. The minimum absolute atomic E-state index is 0.0545. The molecular weight excluding hydrogens is 210 g/mol. The van der Waals surface area contributed by atoms with Crippen molar-refractivity contribution in [2.45, 2.75) is 6.61 Å². The van der Waals surface area contributed by atoms with Crippen molar-refractivity contribution in [2.75, 3.05) is 6.54 Å². The van der Waals surface area contributed by atoms with Crippen LogP contribution < -0.4 is 16.6 Å². The number of hydrazine groups is 1. The molecule has 0 spiro atoms. The van der Waals surface area contributed by atoms with E-state index in [9.17, 15) is 9.59 Å². The van der Waals surface area contributed by atoms with Gasteiger partial charge in [0.25, 0.3) is 5.91 Å². The number of rotatable bonds is 3. The molecule has 0 aliphatic carbocycles. The molecule has 0 unspecified atom stereocenters. The van der Waals surface area contributed by atoms with Crippen LogP contribution in [0.15, 0.2) is 30.3 Å². The molecule has 0 atom stereocenters. The molecule has 1 aromatic carbocycles. The summed E-state index contributed by atoms with van der Waals surface area (Å²) in [6.07, 6.45) is -0.703. The van der Waals surface area contributed by atoms with E-state index in [-0.39, 0.29) is 19.1 Å². The summed E-state index contributed by atoms with van der Waals surface area (Å²) < 4.78 is 4.84. The molecule has 1 aromatic rings. The molecule has 2 amide bonds. The fourth-order valence-electron chi connectivity index (χ4n) is 0.942. The monoisotopic (exact) mass is 224 g/mol. The summed E-state index contributed by atoms with van der Waals surface area (Å²) in [5.74, 6) is -0.378. The van der Waals surface area contributed by atoms with Gasteiger partial charge in [-0.3, -0.25) is 10.2 Å². The molecule has 0 aromatic heterocycles. The predicted octanol–water partition coefficient (Wildman–Crippen LogP) is -0.814. The van der Waals surface area contributed by atoms with Crippen LogP contribution in [0.3, 0.4) is 0 Å². The van der Waals surface area contributed by atoms with Crippen LogP contribution in [-0.2, 0) is 16.1 Å². The molecule has 16 heavy (non-hydrogen) atoms. The quantitative estimate of drug-likeness (QED) is 0.586. The Kier molecular flexibility index (Phi) is 4.81. The Morgan fingerprint density at radius 1 is 1.19 bits per heavy atom. The van der Waals surface area contributed by atoms with E-state index < -0.39 is 6.09 Å². The highest BCUT2D eigenvalue weighted by atomic mass is 16.6. The number of carbonyl (C=O) groups is 2. The lowest BCUT2D eigenvalue weighted by atomic mass is 10.2. The molecule has 0 heterocycles. The smallest absolute Gasteiger partial charge is 0.426 e. The summed E-state index contributed by atoms with van der Waals surface area (Å²) >= 11 is 0. The number of benzene rings is 1. The number of ether oxygens (including phenoxy) is 1. The van der Waals surface area contributed by atoms with Crippen LogP contribution in [0.2, 0.25) is 0 Å². The molecule has 0 aliphatic heterocycles. The van der Waals surface area contributed by atoms with Crippen molar-refractivity contribution in [3.05, 3.63) is 35.9 Å². The zero-order valence-corrected chi connectivity index (χ0v) is 8.73. The van der Waals surface area contributed by atoms with Crippen LogP contribution in [0.5, 0.6) is 0 Å². The largest absolute Gasteiger partial charge is 0.443 e. The van der Waals surface area contributed by atoms with E-state index in [1.165, 1.54) is 0 Å². The van der Waals surface area contributed by atoms with Gasteiger partial charge in [0, 0.05) is 0 Å². The van der Waals surface area contributed by atoms with E-state index in [0.717, 1.165) is 5.56 Å². The molecule has 0 saturated heterocycles. The third kappa shape index (κ3) is 4.43. The second kappa shape index (κ2) is 6.41. The molecule has 86 valence electrons. The van der Waals surface area contributed by atoms with E-state index in [1.54, 1.807) is 0 Å². The number of amides is 2. The Balaban J connectivity index is 2.23.